The van der Waals surface area contributed by atoms with Gasteiger partial charge in [0.1, 0.15) is 5.82 Å². The van der Waals surface area contributed by atoms with Gasteiger partial charge >= 0.3 is 0 Å². The Labute approximate surface area is 110 Å². The number of carbonyl (C=O) groups excluding carboxylic acids is 1. The van der Waals surface area contributed by atoms with E-state index in [4.69, 9.17) is 23.2 Å². The van der Waals surface area contributed by atoms with E-state index in [1.165, 1.54) is 12.1 Å². The Hall–Kier alpha value is -0.800. The molecule has 1 amide bonds. The van der Waals surface area contributed by atoms with Crippen LogP contribution in [0.15, 0.2) is 18.2 Å². The molecule has 0 fully saturated rings. The summed E-state index contributed by atoms with van der Waals surface area (Å²) in [6.45, 7) is 4.22. The van der Waals surface area contributed by atoms with Crippen LogP contribution in [0.1, 0.15) is 24.2 Å². The third-order valence-electron chi connectivity index (χ3n) is 2.27. The summed E-state index contributed by atoms with van der Waals surface area (Å²) in [6, 6.07) is 3.95. The molecule has 0 heterocycles. The highest BCUT2D eigenvalue weighted by atomic mass is 35.5. The summed E-state index contributed by atoms with van der Waals surface area (Å²) in [5.74, 6) is -0.674. The molecule has 0 atom stereocenters. The predicted molar refractivity (Wildman–Crippen MR) is 68.2 cm³/mol. The molecule has 0 unspecified atom stereocenters. The maximum atomic E-state index is 13.4. The smallest absolute Gasteiger partial charge is 0.254 e. The maximum absolute atomic E-state index is 13.4. The highest BCUT2D eigenvalue weighted by Gasteiger charge is 2.19. The molecular formula is C12H14Cl2FNO. The molecular weight excluding hydrogens is 264 g/mol. The van der Waals surface area contributed by atoms with Gasteiger partial charge in [0.05, 0.1) is 5.56 Å². The zero-order valence-corrected chi connectivity index (χ0v) is 11.2. The number of rotatable bonds is 4. The van der Waals surface area contributed by atoms with Crippen molar-refractivity contribution < 1.29 is 9.18 Å². The lowest BCUT2D eigenvalue weighted by atomic mass is 9.96. The van der Waals surface area contributed by atoms with Crippen molar-refractivity contribution in [3.8, 4) is 0 Å². The minimum absolute atomic E-state index is 0.0141. The number of nitrogens with one attached hydrogen (secondary N) is 1. The fourth-order valence-electron chi connectivity index (χ4n) is 1.14. The van der Waals surface area contributed by atoms with Crippen molar-refractivity contribution in [1.29, 1.82) is 0 Å². The van der Waals surface area contributed by atoms with E-state index in [1.54, 1.807) is 0 Å². The van der Waals surface area contributed by atoms with Crippen LogP contribution < -0.4 is 5.32 Å². The van der Waals surface area contributed by atoms with E-state index < -0.39 is 11.7 Å². The molecule has 0 saturated heterocycles. The minimum Gasteiger partial charge on any atom is -0.351 e. The van der Waals surface area contributed by atoms with E-state index in [1.807, 2.05) is 13.8 Å². The SMILES string of the molecule is CC(C)(CCl)CNC(=O)c1ccc(Cl)cc1F. The number of hydrogen-bond acceptors (Lipinski definition) is 1. The molecule has 1 rings (SSSR count). The second kappa shape index (κ2) is 5.69. The summed E-state index contributed by atoms with van der Waals surface area (Å²) >= 11 is 11.3. The molecule has 0 spiro atoms. The standard InChI is InChI=1S/C12H14Cl2FNO/c1-12(2,6-13)7-16-11(17)9-4-3-8(14)5-10(9)15/h3-5H,6-7H2,1-2H3,(H,16,17). The Morgan fingerprint density at radius 3 is 2.65 bits per heavy atom. The summed E-state index contributed by atoms with van der Waals surface area (Å²) < 4.78 is 13.4. The summed E-state index contributed by atoms with van der Waals surface area (Å²) in [4.78, 5) is 11.7. The number of halogens is 3. The molecule has 1 N–H and O–H groups in total. The van der Waals surface area contributed by atoms with E-state index in [9.17, 15) is 9.18 Å². The van der Waals surface area contributed by atoms with Gasteiger partial charge in [-0.05, 0) is 23.6 Å². The number of carbonyl (C=O) groups is 1. The van der Waals surface area contributed by atoms with Gasteiger partial charge in [0.15, 0.2) is 0 Å². The van der Waals surface area contributed by atoms with Crippen LogP contribution in [0.3, 0.4) is 0 Å². The van der Waals surface area contributed by atoms with E-state index in [-0.39, 0.29) is 16.0 Å². The quantitative estimate of drug-likeness (QED) is 0.839. The highest BCUT2D eigenvalue weighted by molar-refractivity contribution is 6.30. The molecule has 1 aromatic carbocycles. The fourth-order valence-corrected chi connectivity index (χ4v) is 1.39. The first-order chi connectivity index (χ1) is 7.85. The number of hydrogen-bond donors (Lipinski definition) is 1. The average Bonchev–Trinajstić information content (AvgIpc) is 2.26. The molecule has 0 aliphatic rings. The molecule has 0 radical (unpaired) electrons. The Kier molecular flexibility index (Phi) is 4.78. The van der Waals surface area contributed by atoms with Crippen LogP contribution in [0.25, 0.3) is 0 Å². The summed E-state index contributed by atoms with van der Waals surface area (Å²) in [5.41, 5.74) is -0.236. The summed E-state index contributed by atoms with van der Waals surface area (Å²) in [5, 5.41) is 2.91. The summed E-state index contributed by atoms with van der Waals surface area (Å²) in [7, 11) is 0. The van der Waals surface area contributed by atoms with Gasteiger partial charge in [-0.25, -0.2) is 4.39 Å². The van der Waals surface area contributed by atoms with Gasteiger partial charge in [-0.1, -0.05) is 25.4 Å². The zero-order chi connectivity index (χ0) is 13.1. The van der Waals surface area contributed by atoms with E-state index >= 15 is 0 Å². The minimum atomic E-state index is -0.626. The van der Waals surface area contributed by atoms with Gasteiger partial charge in [0.25, 0.3) is 5.91 Å². The number of amides is 1. The lowest BCUT2D eigenvalue weighted by molar-refractivity contribution is 0.0936. The van der Waals surface area contributed by atoms with Gasteiger partial charge < -0.3 is 5.32 Å². The number of alkyl halides is 1. The average molecular weight is 278 g/mol. The first-order valence-corrected chi connectivity index (χ1v) is 6.06. The van der Waals surface area contributed by atoms with Crippen molar-refractivity contribution in [3.63, 3.8) is 0 Å². The van der Waals surface area contributed by atoms with Crippen molar-refractivity contribution >= 4 is 29.1 Å². The van der Waals surface area contributed by atoms with Gasteiger partial charge in [-0.2, -0.15) is 0 Å². The Morgan fingerprint density at radius 1 is 1.47 bits per heavy atom. The highest BCUT2D eigenvalue weighted by Crippen LogP contribution is 2.17. The van der Waals surface area contributed by atoms with Crippen LogP contribution in [0, 0.1) is 11.2 Å². The van der Waals surface area contributed by atoms with Gasteiger partial charge in [-0.3, -0.25) is 4.79 Å². The predicted octanol–water partition coefficient (Wildman–Crippen LogP) is 3.47. The Bertz CT molecular complexity index is 421. The van der Waals surface area contributed by atoms with Crippen molar-refractivity contribution in [2.45, 2.75) is 13.8 Å². The topological polar surface area (TPSA) is 29.1 Å². The van der Waals surface area contributed by atoms with Crippen LogP contribution >= 0.6 is 23.2 Å². The maximum Gasteiger partial charge on any atom is 0.254 e. The molecule has 0 saturated carbocycles. The Balaban J connectivity index is 2.71. The first-order valence-electron chi connectivity index (χ1n) is 5.15. The molecule has 1 aromatic rings. The molecule has 0 bridgehead atoms. The third kappa shape index (κ3) is 4.17. The van der Waals surface area contributed by atoms with E-state index in [0.717, 1.165) is 6.07 Å². The second-order valence-electron chi connectivity index (χ2n) is 4.60. The monoisotopic (exact) mass is 277 g/mol. The van der Waals surface area contributed by atoms with Gasteiger partial charge in [0, 0.05) is 17.4 Å². The van der Waals surface area contributed by atoms with Crippen LogP contribution in [0.2, 0.25) is 5.02 Å². The normalized spacial score (nSPS) is 11.4. The molecule has 5 heteroatoms. The molecule has 94 valence electrons. The zero-order valence-electron chi connectivity index (χ0n) is 9.69. The largest absolute Gasteiger partial charge is 0.351 e. The van der Waals surface area contributed by atoms with Crippen LogP contribution in [0.5, 0.6) is 0 Å². The van der Waals surface area contributed by atoms with Crippen molar-refractivity contribution in [2.75, 3.05) is 12.4 Å². The summed E-state index contributed by atoms with van der Waals surface area (Å²) in [6.07, 6.45) is 0. The third-order valence-corrected chi connectivity index (χ3v) is 3.22. The lowest BCUT2D eigenvalue weighted by Crippen LogP contribution is -2.35. The van der Waals surface area contributed by atoms with Crippen molar-refractivity contribution in [1.82, 2.24) is 5.32 Å². The van der Waals surface area contributed by atoms with Crippen LogP contribution in [-0.4, -0.2) is 18.3 Å². The van der Waals surface area contributed by atoms with E-state index in [0.29, 0.717) is 12.4 Å². The van der Waals surface area contributed by atoms with Crippen LogP contribution in [0.4, 0.5) is 4.39 Å². The number of benzene rings is 1. The lowest BCUT2D eigenvalue weighted by Gasteiger charge is -2.21. The van der Waals surface area contributed by atoms with Crippen molar-refractivity contribution in [3.05, 3.63) is 34.6 Å². The molecule has 0 aliphatic heterocycles. The van der Waals surface area contributed by atoms with E-state index in [2.05, 4.69) is 5.32 Å². The van der Waals surface area contributed by atoms with Crippen molar-refractivity contribution in [2.24, 2.45) is 5.41 Å². The first kappa shape index (κ1) is 14.3. The molecule has 0 aliphatic carbocycles. The molecule has 2 nitrogen and oxygen atoms in total. The Morgan fingerprint density at radius 2 is 2.12 bits per heavy atom. The fraction of sp³-hybridized carbons (Fsp3) is 0.417. The van der Waals surface area contributed by atoms with Gasteiger partial charge in [-0.15, -0.1) is 11.6 Å². The molecule has 17 heavy (non-hydrogen) atoms. The van der Waals surface area contributed by atoms with Crippen LogP contribution in [-0.2, 0) is 0 Å². The second-order valence-corrected chi connectivity index (χ2v) is 5.31. The van der Waals surface area contributed by atoms with Gasteiger partial charge in [0.2, 0.25) is 0 Å². The molecule has 0 aromatic heterocycles.